The Morgan fingerprint density at radius 3 is 2.52 bits per heavy atom. The van der Waals surface area contributed by atoms with E-state index in [9.17, 15) is 0 Å². The first kappa shape index (κ1) is 15.7. The van der Waals surface area contributed by atoms with E-state index in [1.165, 1.54) is 84.1 Å². The van der Waals surface area contributed by atoms with Gasteiger partial charge in [0.1, 0.15) is 0 Å². The molecule has 3 aliphatic rings. The Balaban J connectivity index is 1.37. The highest BCUT2D eigenvalue weighted by atomic mass is 16.5. The summed E-state index contributed by atoms with van der Waals surface area (Å²) < 4.78 is 6.07. The van der Waals surface area contributed by atoms with Crippen LogP contribution < -0.4 is 5.73 Å². The molecule has 4 nitrogen and oxygen atoms in total. The zero-order chi connectivity index (χ0) is 14.5. The van der Waals surface area contributed by atoms with Gasteiger partial charge in [0, 0.05) is 38.8 Å². The van der Waals surface area contributed by atoms with Crippen LogP contribution in [0, 0.1) is 0 Å². The van der Waals surface area contributed by atoms with Crippen LogP contribution in [-0.2, 0) is 4.74 Å². The summed E-state index contributed by atoms with van der Waals surface area (Å²) in [5.74, 6) is 0. The number of nitrogens with zero attached hydrogens (tertiary/aromatic N) is 2. The first-order valence-electron chi connectivity index (χ1n) is 9.12. The minimum Gasteiger partial charge on any atom is -0.375 e. The average Bonchev–Trinajstić information content (AvgIpc) is 2.51. The maximum absolute atomic E-state index is 6.07. The van der Waals surface area contributed by atoms with E-state index in [1.54, 1.807) is 0 Å². The van der Waals surface area contributed by atoms with Gasteiger partial charge in [-0.3, -0.25) is 4.90 Å². The van der Waals surface area contributed by atoms with Crippen molar-refractivity contribution in [1.29, 1.82) is 0 Å². The molecule has 0 aromatic carbocycles. The summed E-state index contributed by atoms with van der Waals surface area (Å²) in [4.78, 5) is 5.39. The third-order valence-corrected chi connectivity index (χ3v) is 5.83. The lowest BCUT2D eigenvalue weighted by molar-refractivity contribution is -0.150. The lowest BCUT2D eigenvalue weighted by Crippen LogP contribution is -2.56. The number of hydrogen-bond acceptors (Lipinski definition) is 4. The molecule has 2 aliphatic heterocycles. The van der Waals surface area contributed by atoms with Crippen molar-refractivity contribution in [3.8, 4) is 0 Å². The zero-order valence-corrected chi connectivity index (χ0v) is 13.6. The fourth-order valence-electron chi connectivity index (χ4n) is 4.24. The van der Waals surface area contributed by atoms with Crippen LogP contribution in [0.25, 0.3) is 0 Å². The van der Waals surface area contributed by atoms with Gasteiger partial charge in [0.2, 0.25) is 0 Å². The van der Waals surface area contributed by atoms with Gasteiger partial charge in [0.15, 0.2) is 0 Å². The zero-order valence-electron chi connectivity index (χ0n) is 13.6. The molecule has 1 unspecified atom stereocenters. The van der Waals surface area contributed by atoms with Gasteiger partial charge in [-0.1, -0.05) is 6.42 Å². The third kappa shape index (κ3) is 3.98. The summed E-state index contributed by atoms with van der Waals surface area (Å²) in [6.07, 6.45) is 10.3. The SMILES string of the molecule is NCCCCCN1CCN(C2CCOC3(CCC3)C2)CC1. The summed E-state index contributed by atoms with van der Waals surface area (Å²) in [7, 11) is 0. The van der Waals surface area contributed by atoms with E-state index in [0.717, 1.165) is 19.2 Å². The highest BCUT2D eigenvalue weighted by molar-refractivity contribution is 4.97. The number of unbranched alkanes of at least 4 members (excludes halogenated alkanes) is 2. The number of ether oxygens (including phenoxy) is 1. The van der Waals surface area contributed by atoms with Crippen molar-refractivity contribution in [3.63, 3.8) is 0 Å². The summed E-state index contributed by atoms with van der Waals surface area (Å²) in [5.41, 5.74) is 5.85. The fourth-order valence-corrected chi connectivity index (χ4v) is 4.24. The molecule has 0 aromatic rings. The second-order valence-corrected chi connectivity index (χ2v) is 7.26. The Morgan fingerprint density at radius 1 is 1.05 bits per heavy atom. The van der Waals surface area contributed by atoms with Crippen LogP contribution in [0.3, 0.4) is 0 Å². The third-order valence-electron chi connectivity index (χ3n) is 5.83. The van der Waals surface area contributed by atoms with Gasteiger partial charge >= 0.3 is 0 Å². The highest BCUT2D eigenvalue weighted by Crippen LogP contribution is 2.43. The van der Waals surface area contributed by atoms with Gasteiger partial charge in [0.05, 0.1) is 5.60 Å². The topological polar surface area (TPSA) is 41.7 Å². The van der Waals surface area contributed by atoms with Crippen LogP contribution in [0.15, 0.2) is 0 Å². The van der Waals surface area contributed by atoms with E-state index >= 15 is 0 Å². The van der Waals surface area contributed by atoms with Gasteiger partial charge in [-0.05, 0) is 58.0 Å². The van der Waals surface area contributed by atoms with Crippen molar-refractivity contribution >= 4 is 0 Å². The number of rotatable bonds is 6. The van der Waals surface area contributed by atoms with E-state index < -0.39 is 0 Å². The van der Waals surface area contributed by atoms with E-state index in [-0.39, 0.29) is 0 Å². The van der Waals surface area contributed by atoms with Crippen LogP contribution in [-0.4, -0.2) is 67.3 Å². The molecule has 2 heterocycles. The molecule has 3 fully saturated rings. The maximum atomic E-state index is 6.07. The molecule has 1 atom stereocenters. The van der Waals surface area contributed by atoms with E-state index in [4.69, 9.17) is 10.5 Å². The van der Waals surface area contributed by atoms with E-state index in [0.29, 0.717) is 5.60 Å². The van der Waals surface area contributed by atoms with Crippen LogP contribution in [0.1, 0.15) is 51.4 Å². The molecule has 4 heteroatoms. The Labute approximate surface area is 130 Å². The van der Waals surface area contributed by atoms with E-state index in [1.807, 2.05) is 0 Å². The van der Waals surface area contributed by atoms with Crippen molar-refractivity contribution in [2.45, 2.75) is 63.0 Å². The fraction of sp³-hybridized carbons (Fsp3) is 1.00. The van der Waals surface area contributed by atoms with Gasteiger partial charge in [0.25, 0.3) is 0 Å². The molecule has 2 saturated heterocycles. The van der Waals surface area contributed by atoms with Gasteiger partial charge in [-0.25, -0.2) is 0 Å². The molecule has 0 amide bonds. The lowest BCUT2D eigenvalue weighted by Gasteiger charge is -2.50. The van der Waals surface area contributed by atoms with Crippen molar-refractivity contribution < 1.29 is 4.74 Å². The van der Waals surface area contributed by atoms with Crippen molar-refractivity contribution in [3.05, 3.63) is 0 Å². The summed E-state index contributed by atoms with van der Waals surface area (Å²) in [6.45, 7) is 8.14. The average molecular weight is 295 g/mol. The smallest absolute Gasteiger partial charge is 0.0697 e. The van der Waals surface area contributed by atoms with Crippen LogP contribution in [0.5, 0.6) is 0 Å². The lowest BCUT2D eigenvalue weighted by atomic mass is 9.73. The molecular formula is C17H33N3O. The normalized spacial score (nSPS) is 30.4. The molecule has 3 rings (SSSR count). The van der Waals surface area contributed by atoms with Gasteiger partial charge < -0.3 is 15.4 Å². The predicted octanol–water partition coefficient (Wildman–Crippen LogP) is 1.83. The first-order valence-corrected chi connectivity index (χ1v) is 9.12. The largest absolute Gasteiger partial charge is 0.375 e. The van der Waals surface area contributed by atoms with Crippen LogP contribution in [0.4, 0.5) is 0 Å². The van der Waals surface area contributed by atoms with Crippen molar-refractivity contribution in [2.75, 3.05) is 45.9 Å². The number of piperazine rings is 1. The highest BCUT2D eigenvalue weighted by Gasteiger charge is 2.44. The molecule has 1 saturated carbocycles. The molecule has 1 spiro atoms. The van der Waals surface area contributed by atoms with Gasteiger partial charge in [-0.15, -0.1) is 0 Å². The first-order chi connectivity index (χ1) is 10.3. The molecular weight excluding hydrogens is 262 g/mol. The Hall–Kier alpha value is -0.160. The standard InChI is InChI=1S/C17H33N3O/c18-8-2-1-3-9-19-10-12-20(13-11-19)16-5-14-21-17(15-16)6-4-7-17/h16H,1-15,18H2. The number of hydrogen-bond donors (Lipinski definition) is 1. The Kier molecular flexibility index (Phi) is 5.54. The summed E-state index contributed by atoms with van der Waals surface area (Å²) >= 11 is 0. The summed E-state index contributed by atoms with van der Waals surface area (Å²) in [5, 5.41) is 0. The second-order valence-electron chi connectivity index (χ2n) is 7.26. The van der Waals surface area contributed by atoms with Crippen molar-refractivity contribution in [2.24, 2.45) is 5.73 Å². The molecule has 21 heavy (non-hydrogen) atoms. The molecule has 0 aromatic heterocycles. The minimum atomic E-state index is 0.294. The second kappa shape index (κ2) is 7.40. The maximum Gasteiger partial charge on any atom is 0.0697 e. The Morgan fingerprint density at radius 2 is 1.86 bits per heavy atom. The molecule has 1 aliphatic carbocycles. The van der Waals surface area contributed by atoms with Crippen LogP contribution >= 0.6 is 0 Å². The molecule has 0 radical (unpaired) electrons. The van der Waals surface area contributed by atoms with Gasteiger partial charge in [-0.2, -0.15) is 0 Å². The molecule has 122 valence electrons. The monoisotopic (exact) mass is 295 g/mol. The molecule has 2 N–H and O–H groups in total. The van der Waals surface area contributed by atoms with Crippen LogP contribution in [0.2, 0.25) is 0 Å². The quantitative estimate of drug-likeness (QED) is 0.759. The van der Waals surface area contributed by atoms with Crippen molar-refractivity contribution in [1.82, 2.24) is 9.80 Å². The number of nitrogens with two attached hydrogens (primary N) is 1. The summed E-state index contributed by atoms with van der Waals surface area (Å²) in [6, 6.07) is 0.790. The van der Waals surface area contributed by atoms with E-state index in [2.05, 4.69) is 9.80 Å². The predicted molar refractivity (Wildman–Crippen MR) is 86.5 cm³/mol. The minimum absolute atomic E-state index is 0.294. The Bertz CT molecular complexity index is 311. The molecule has 0 bridgehead atoms.